The number of methoxy groups -OCH3 is 1. The van der Waals surface area contributed by atoms with Crippen LogP contribution < -0.4 is 14.8 Å². The van der Waals surface area contributed by atoms with Crippen LogP contribution in [0.15, 0.2) is 12.1 Å². The van der Waals surface area contributed by atoms with E-state index in [1.807, 2.05) is 12.2 Å². The molecule has 0 unspecified atom stereocenters. The summed E-state index contributed by atoms with van der Waals surface area (Å²) in [5.74, 6) is 0.994. The largest absolute Gasteiger partial charge is 0.454 e. The summed E-state index contributed by atoms with van der Waals surface area (Å²) in [5, 5.41) is 13.1. The van der Waals surface area contributed by atoms with Crippen LogP contribution in [-0.2, 0) is 11.3 Å². The highest BCUT2D eigenvalue weighted by Crippen LogP contribution is 2.37. The molecule has 2 N–H and O–H groups in total. The quantitative estimate of drug-likeness (QED) is 0.597. The van der Waals surface area contributed by atoms with E-state index < -0.39 is 4.92 Å². The van der Waals surface area contributed by atoms with Gasteiger partial charge in [-0.1, -0.05) is 0 Å². The van der Waals surface area contributed by atoms with Gasteiger partial charge in [0.15, 0.2) is 11.5 Å². The first-order valence-electron chi connectivity index (χ1n) is 6.01. The summed E-state index contributed by atoms with van der Waals surface area (Å²) in [6.45, 7) is 3.21. The molecule has 1 aromatic rings. The minimum absolute atomic E-state index is 0.0603. The Morgan fingerprint density at radius 1 is 1.47 bits per heavy atom. The van der Waals surface area contributed by atoms with Gasteiger partial charge in [0.2, 0.25) is 6.79 Å². The van der Waals surface area contributed by atoms with Crippen molar-refractivity contribution < 1.29 is 24.5 Å². The highest BCUT2D eigenvalue weighted by Gasteiger charge is 2.24. The Labute approximate surface area is 110 Å². The van der Waals surface area contributed by atoms with Crippen LogP contribution >= 0.6 is 0 Å². The molecular weight excluding hydrogens is 252 g/mol. The van der Waals surface area contributed by atoms with Crippen molar-refractivity contribution in [3.63, 3.8) is 0 Å². The SMILES string of the molecule is COC[C@H](C)[NH2+]Cc1cc2c(cc1[N+](=O)[O-])OCO2. The van der Waals surface area contributed by atoms with Gasteiger partial charge in [0, 0.05) is 7.11 Å². The second kappa shape index (κ2) is 5.85. The van der Waals surface area contributed by atoms with Gasteiger partial charge in [-0.05, 0) is 13.0 Å². The van der Waals surface area contributed by atoms with Crippen molar-refractivity contribution in [2.24, 2.45) is 0 Å². The molecule has 1 atom stereocenters. The molecule has 7 nitrogen and oxygen atoms in total. The standard InChI is InChI=1S/C12H16N2O5/c1-8(6-17-2)13-5-9-3-11-12(19-7-18-11)4-10(9)14(15)16/h3-4,8,13H,5-7H2,1-2H3/p+1/t8-/m0/s1. The Morgan fingerprint density at radius 3 is 2.79 bits per heavy atom. The molecule has 0 fully saturated rings. The number of hydrogen-bond acceptors (Lipinski definition) is 5. The predicted octanol–water partition coefficient (Wildman–Crippen LogP) is 0.422. The number of hydrogen-bond donors (Lipinski definition) is 1. The van der Waals surface area contributed by atoms with Crippen molar-refractivity contribution in [2.45, 2.75) is 19.5 Å². The average molecular weight is 269 g/mol. The van der Waals surface area contributed by atoms with Crippen molar-refractivity contribution in [3.8, 4) is 11.5 Å². The molecule has 0 amide bonds. The molecule has 19 heavy (non-hydrogen) atoms. The third-order valence-corrected chi connectivity index (χ3v) is 2.94. The molecule has 0 saturated carbocycles. The Balaban J connectivity index is 2.16. The molecule has 0 aliphatic carbocycles. The third kappa shape index (κ3) is 3.12. The van der Waals surface area contributed by atoms with Crippen molar-refractivity contribution in [3.05, 3.63) is 27.8 Å². The summed E-state index contributed by atoms with van der Waals surface area (Å²) >= 11 is 0. The average Bonchev–Trinajstić information content (AvgIpc) is 2.82. The van der Waals surface area contributed by atoms with Gasteiger partial charge in [-0.3, -0.25) is 10.1 Å². The maximum atomic E-state index is 11.1. The third-order valence-electron chi connectivity index (χ3n) is 2.94. The number of nitro benzene ring substituents is 1. The minimum atomic E-state index is -0.397. The van der Waals surface area contributed by atoms with Gasteiger partial charge in [-0.15, -0.1) is 0 Å². The fourth-order valence-electron chi connectivity index (χ4n) is 1.97. The molecule has 0 saturated heterocycles. The smallest absolute Gasteiger partial charge is 0.282 e. The van der Waals surface area contributed by atoms with Crippen molar-refractivity contribution in [1.82, 2.24) is 0 Å². The molecule has 2 rings (SSSR count). The van der Waals surface area contributed by atoms with E-state index in [1.54, 1.807) is 13.2 Å². The van der Waals surface area contributed by atoms with Crippen LogP contribution in [0.3, 0.4) is 0 Å². The number of benzene rings is 1. The number of nitro groups is 1. The van der Waals surface area contributed by atoms with Crippen LogP contribution in [0.4, 0.5) is 5.69 Å². The lowest BCUT2D eigenvalue weighted by molar-refractivity contribution is -0.703. The van der Waals surface area contributed by atoms with E-state index in [2.05, 4.69) is 0 Å². The first kappa shape index (κ1) is 13.6. The highest BCUT2D eigenvalue weighted by atomic mass is 16.7. The monoisotopic (exact) mass is 269 g/mol. The Bertz CT molecular complexity index is 477. The Kier molecular flexibility index (Phi) is 4.18. The number of ether oxygens (including phenoxy) is 3. The van der Waals surface area contributed by atoms with Gasteiger partial charge in [-0.25, -0.2) is 0 Å². The molecule has 0 spiro atoms. The zero-order valence-electron chi connectivity index (χ0n) is 10.9. The zero-order valence-corrected chi connectivity index (χ0v) is 10.9. The van der Waals surface area contributed by atoms with E-state index in [4.69, 9.17) is 14.2 Å². The fourth-order valence-corrected chi connectivity index (χ4v) is 1.97. The lowest BCUT2D eigenvalue weighted by atomic mass is 10.1. The number of rotatable bonds is 6. The Morgan fingerprint density at radius 2 is 2.16 bits per heavy atom. The lowest BCUT2D eigenvalue weighted by Gasteiger charge is -2.10. The van der Waals surface area contributed by atoms with Crippen LogP contribution in [0.25, 0.3) is 0 Å². The van der Waals surface area contributed by atoms with E-state index in [0.717, 1.165) is 0 Å². The maximum Gasteiger partial charge on any atom is 0.282 e. The summed E-state index contributed by atoms with van der Waals surface area (Å²) in [7, 11) is 1.63. The number of nitrogens with two attached hydrogens (primary N) is 1. The predicted molar refractivity (Wildman–Crippen MR) is 66.2 cm³/mol. The first-order chi connectivity index (χ1) is 9.11. The van der Waals surface area contributed by atoms with Crippen molar-refractivity contribution >= 4 is 5.69 Å². The van der Waals surface area contributed by atoms with E-state index in [0.29, 0.717) is 30.2 Å². The first-order valence-corrected chi connectivity index (χ1v) is 6.01. The van der Waals surface area contributed by atoms with Gasteiger partial charge < -0.3 is 19.5 Å². The summed E-state index contributed by atoms with van der Waals surface area (Å²) in [5.41, 5.74) is 0.683. The molecule has 104 valence electrons. The zero-order chi connectivity index (χ0) is 13.8. The molecule has 1 aliphatic heterocycles. The van der Waals surface area contributed by atoms with E-state index in [9.17, 15) is 10.1 Å². The lowest BCUT2D eigenvalue weighted by Crippen LogP contribution is -2.88. The molecule has 1 aliphatic rings. The summed E-state index contributed by atoms with van der Waals surface area (Å²) in [6.07, 6.45) is 0. The van der Waals surface area contributed by atoms with Crippen LogP contribution in [-0.4, -0.2) is 31.5 Å². The summed E-state index contributed by atoms with van der Waals surface area (Å²) < 4.78 is 15.4. The molecular formula is C12H17N2O5+. The molecule has 1 aromatic carbocycles. The number of fused-ring (bicyclic) bond motifs is 1. The van der Waals surface area contributed by atoms with E-state index in [1.165, 1.54) is 6.07 Å². The van der Waals surface area contributed by atoms with Gasteiger partial charge in [0.05, 0.1) is 23.2 Å². The van der Waals surface area contributed by atoms with Gasteiger partial charge in [-0.2, -0.15) is 0 Å². The Hall–Kier alpha value is -1.86. The highest BCUT2D eigenvalue weighted by molar-refractivity contribution is 5.54. The second-order valence-corrected chi connectivity index (χ2v) is 4.46. The van der Waals surface area contributed by atoms with Crippen LogP contribution in [0.2, 0.25) is 0 Å². The van der Waals surface area contributed by atoms with Crippen LogP contribution in [0, 0.1) is 10.1 Å². The maximum absolute atomic E-state index is 11.1. The van der Waals surface area contributed by atoms with Crippen molar-refractivity contribution in [1.29, 1.82) is 0 Å². The number of nitrogens with zero attached hydrogens (tertiary/aromatic N) is 1. The van der Waals surface area contributed by atoms with E-state index >= 15 is 0 Å². The van der Waals surface area contributed by atoms with E-state index in [-0.39, 0.29) is 18.5 Å². The summed E-state index contributed by atoms with van der Waals surface area (Å²) in [4.78, 5) is 10.7. The second-order valence-electron chi connectivity index (χ2n) is 4.46. The fraction of sp³-hybridized carbons (Fsp3) is 0.500. The topological polar surface area (TPSA) is 87.4 Å². The number of quaternary nitrogens is 1. The van der Waals surface area contributed by atoms with Gasteiger partial charge >= 0.3 is 0 Å². The molecule has 1 heterocycles. The molecule has 0 aromatic heterocycles. The van der Waals surface area contributed by atoms with Crippen LogP contribution in [0.5, 0.6) is 11.5 Å². The molecule has 0 bridgehead atoms. The van der Waals surface area contributed by atoms with Gasteiger partial charge in [0.25, 0.3) is 5.69 Å². The van der Waals surface area contributed by atoms with Crippen molar-refractivity contribution in [2.75, 3.05) is 20.5 Å². The normalized spacial score (nSPS) is 14.4. The molecule has 0 radical (unpaired) electrons. The minimum Gasteiger partial charge on any atom is -0.454 e. The van der Waals surface area contributed by atoms with Gasteiger partial charge in [0.1, 0.15) is 12.6 Å². The van der Waals surface area contributed by atoms with Crippen LogP contribution in [0.1, 0.15) is 12.5 Å². The summed E-state index contributed by atoms with van der Waals surface area (Å²) in [6, 6.07) is 3.33. The molecule has 7 heteroatoms.